The molecule has 4 nitrogen and oxygen atoms in total. The second kappa shape index (κ2) is 10.5. The monoisotopic (exact) mass is 551 g/mol. The van der Waals surface area contributed by atoms with Gasteiger partial charge in [-0.3, -0.25) is 0 Å². The van der Waals surface area contributed by atoms with E-state index < -0.39 is 0 Å². The molecule has 0 aliphatic rings. The topological polar surface area (TPSA) is 51.8 Å². The quantitative estimate of drug-likeness (QED) is 0.214. The van der Waals surface area contributed by atoms with Crippen molar-refractivity contribution in [1.82, 2.24) is 15.0 Å². The van der Waals surface area contributed by atoms with E-state index >= 15 is 0 Å². The van der Waals surface area contributed by atoms with Crippen LogP contribution in [-0.4, -0.2) is 15.0 Å². The first-order valence-electron chi connectivity index (χ1n) is 14.3. The van der Waals surface area contributed by atoms with E-state index in [2.05, 4.69) is 72.8 Å². The maximum atomic E-state index is 6.60. The summed E-state index contributed by atoms with van der Waals surface area (Å²) in [4.78, 5) is 14.9. The van der Waals surface area contributed by atoms with Crippen molar-refractivity contribution in [2.45, 2.75) is 0 Å². The number of benzene rings is 6. The molecule has 0 amide bonds. The number of rotatable bonds is 5. The molecule has 4 heteroatoms. The van der Waals surface area contributed by atoms with Crippen molar-refractivity contribution < 1.29 is 4.42 Å². The first kappa shape index (κ1) is 24.9. The molecule has 43 heavy (non-hydrogen) atoms. The fourth-order valence-electron chi connectivity index (χ4n) is 5.69. The number of hydrogen-bond acceptors (Lipinski definition) is 4. The molecule has 6 aromatic carbocycles. The Hall–Kier alpha value is -5.87. The van der Waals surface area contributed by atoms with E-state index in [4.69, 9.17) is 19.4 Å². The summed E-state index contributed by atoms with van der Waals surface area (Å²) in [6.45, 7) is 0. The van der Waals surface area contributed by atoms with E-state index in [9.17, 15) is 0 Å². The van der Waals surface area contributed by atoms with E-state index in [1.54, 1.807) is 0 Å². The summed E-state index contributed by atoms with van der Waals surface area (Å²) in [6.07, 6.45) is 0. The van der Waals surface area contributed by atoms with Crippen molar-refractivity contribution >= 4 is 21.9 Å². The number of hydrogen-bond donors (Lipinski definition) is 0. The van der Waals surface area contributed by atoms with Crippen LogP contribution in [0.5, 0.6) is 0 Å². The third-order valence-corrected chi connectivity index (χ3v) is 7.74. The van der Waals surface area contributed by atoms with Gasteiger partial charge < -0.3 is 4.42 Å². The van der Waals surface area contributed by atoms with Gasteiger partial charge in [-0.25, -0.2) is 15.0 Å². The normalized spacial score (nSPS) is 11.3. The summed E-state index contributed by atoms with van der Waals surface area (Å²) >= 11 is 0. The minimum atomic E-state index is 0.609. The summed E-state index contributed by atoms with van der Waals surface area (Å²) in [5.41, 5.74) is 8.91. The molecule has 0 N–H and O–H groups in total. The van der Waals surface area contributed by atoms with Crippen LogP contribution < -0.4 is 0 Å². The van der Waals surface area contributed by atoms with Crippen molar-refractivity contribution in [3.05, 3.63) is 152 Å². The molecule has 0 aliphatic carbocycles. The molecule has 0 saturated carbocycles. The van der Waals surface area contributed by atoms with Gasteiger partial charge in [0.2, 0.25) is 0 Å². The summed E-state index contributed by atoms with van der Waals surface area (Å²) in [7, 11) is 0. The van der Waals surface area contributed by atoms with Crippen molar-refractivity contribution in [2.24, 2.45) is 0 Å². The molecule has 0 atom stereocenters. The zero-order valence-electron chi connectivity index (χ0n) is 23.2. The van der Waals surface area contributed by atoms with Gasteiger partial charge in [0, 0.05) is 33.0 Å². The van der Waals surface area contributed by atoms with Crippen LogP contribution in [0.3, 0.4) is 0 Å². The van der Waals surface area contributed by atoms with Gasteiger partial charge in [0.05, 0.1) is 0 Å². The number of fused-ring (bicyclic) bond motifs is 3. The minimum absolute atomic E-state index is 0.609. The van der Waals surface area contributed by atoms with E-state index in [0.717, 1.165) is 49.8 Å². The average Bonchev–Trinajstić information content (AvgIpc) is 3.49. The zero-order valence-corrected chi connectivity index (χ0v) is 23.2. The highest BCUT2D eigenvalue weighted by molar-refractivity contribution is 6.15. The zero-order chi connectivity index (χ0) is 28.6. The average molecular weight is 552 g/mol. The molecule has 0 unspecified atom stereocenters. The molecule has 0 spiro atoms. The Morgan fingerprint density at radius 3 is 1.56 bits per heavy atom. The third kappa shape index (κ3) is 4.55. The largest absolute Gasteiger partial charge is 0.455 e. The molecular weight excluding hydrogens is 526 g/mol. The highest BCUT2D eigenvalue weighted by Gasteiger charge is 2.19. The van der Waals surface area contributed by atoms with E-state index in [0.29, 0.717) is 17.5 Å². The van der Waals surface area contributed by atoms with Crippen LogP contribution in [0.1, 0.15) is 0 Å². The summed E-state index contributed by atoms with van der Waals surface area (Å²) in [5, 5.41) is 2.01. The lowest BCUT2D eigenvalue weighted by molar-refractivity contribution is 0.670. The molecule has 2 heterocycles. The fraction of sp³-hybridized carbons (Fsp3) is 0. The van der Waals surface area contributed by atoms with Crippen LogP contribution in [0.25, 0.3) is 78.4 Å². The Bertz CT molecular complexity index is 2170. The van der Waals surface area contributed by atoms with E-state index in [-0.39, 0.29) is 0 Å². The molecule has 8 aromatic rings. The van der Waals surface area contributed by atoms with Crippen LogP contribution in [0.2, 0.25) is 0 Å². The highest BCUT2D eigenvalue weighted by Crippen LogP contribution is 2.40. The molecule has 0 saturated heterocycles. The smallest absolute Gasteiger partial charge is 0.164 e. The molecule has 8 rings (SSSR count). The second-order valence-electron chi connectivity index (χ2n) is 10.4. The lowest BCUT2D eigenvalue weighted by Crippen LogP contribution is -2.00. The van der Waals surface area contributed by atoms with Gasteiger partial charge in [0.1, 0.15) is 11.2 Å². The Balaban J connectivity index is 1.33. The van der Waals surface area contributed by atoms with Crippen LogP contribution in [0.4, 0.5) is 0 Å². The Kier molecular flexibility index (Phi) is 6.08. The van der Waals surface area contributed by atoms with Crippen LogP contribution in [0, 0.1) is 0 Å². The van der Waals surface area contributed by atoms with Gasteiger partial charge in [-0.1, -0.05) is 140 Å². The second-order valence-corrected chi connectivity index (χ2v) is 10.4. The van der Waals surface area contributed by atoms with Crippen molar-refractivity contribution in [3.8, 4) is 56.4 Å². The molecule has 0 fully saturated rings. The van der Waals surface area contributed by atoms with Crippen molar-refractivity contribution in [3.63, 3.8) is 0 Å². The lowest BCUT2D eigenvalue weighted by Gasteiger charge is -2.09. The minimum Gasteiger partial charge on any atom is -0.455 e. The van der Waals surface area contributed by atoms with Gasteiger partial charge in [-0.15, -0.1) is 0 Å². The number of nitrogens with zero attached hydrogens (tertiary/aromatic N) is 3. The maximum Gasteiger partial charge on any atom is 0.164 e. The summed E-state index contributed by atoms with van der Waals surface area (Å²) in [5.74, 6) is 1.87. The molecule has 0 bridgehead atoms. The van der Waals surface area contributed by atoms with Crippen molar-refractivity contribution in [1.29, 1.82) is 0 Å². The first-order chi connectivity index (χ1) is 21.3. The fourth-order valence-corrected chi connectivity index (χ4v) is 5.69. The maximum absolute atomic E-state index is 6.60. The van der Waals surface area contributed by atoms with Crippen LogP contribution >= 0.6 is 0 Å². The van der Waals surface area contributed by atoms with E-state index in [1.165, 1.54) is 11.1 Å². The molecule has 0 radical (unpaired) electrons. The molecule has 202 valence electrons. The number of furan rings is 1. The summed E-state index contributed by atoms with van der Waals surface area (Å²) in [6, 6.07) is 51.6. The van der Waals surface area contributed by atoms with Gasteiger partial charge in [0.15, 0.2) is 17.5 Å². The molecule has 0 aliphatic heterocycles. The van der Waals surface area contributed by atoms with Crippen LogP contribution in [-0.2, 0) is 0 Å². The predicted octanol–water partition coefficient (Wildman–Crippen LogP) is 10.1. The third-order valence-electron chi connectivity index (χ3n) is 7.74. The van der Waals surface area contributed by atoms with Gasteiger partial charge in [-0.05, 0) is 28.8 Å². The SMILES string of the molecule is c1ccc(-c2cccc(-c3cccc4c3oc3cccc(-c5nc(-c6ccccc6)nc(-c6ccccc6)n5)c34)c2)cc1. The Morgan fingerprint density at radius 2 is 0.884 bits per heavy atom. The summed E-state index contributed by atoms with van der Waals surface area (Å²) < 4.78 is 6.60. The van der Waals surface area contributed by atoms with E-state index in [1.807, 2.05) is 78.9 Å². The van der Waals surface area contributed by atoms with Gasteiger partial charge >= 0.3 is 0 Å². The molecular formula is C39H25N3O. The first-order valence-corrected chi connectivity index (χ1v) is 14.3. The van der Waals surface area contributed by atoms with Crippen LogP contribution in [0.15, 0.2) is 156 Å². The van der Waals surface area contributed by atoms with Gasteiger partial charge in [-0.2, -0.15) is 0 Å². The number of aromatic nitrogens is 3. The van der Waals surface area contributed by atoms with Crippen molar-refractivity contribution in [2.75, 3.05) is 0 Å². The Labute approximate surface area is 249 Å². The standard InChI is InChI=1S/C39H25N3O/c1-4-13-26(14-5-1)29-19-10-20-30(25-29)31-21-11-22-32-35-33(23-12-24-34(35)43-36(31)32)39-41-37(27-15-6-2-7-16-27)40-38(42-39)28-17-8-3-9-18-28/h1-25H. The molecule has 2 aromatic heterocycles. The Morgan fingerprint density at radius 1 is 0.372 bits per heavy atom. The predicted molar refractivity (Wildman–Crippen MR) is 174 cm³/mol. The van der Waals surface area contributed by atoms with Gasteiger partial charge in [0.25, 0.3) is 0 Å². The highest BCUT2D eigenvalue weighted by atomic mass is 16.3. The number of para-hydroxylation sites is 1. The lowest BCUT2D eigenvalue weighted by atomic mass is 9.97.